The van der Waals surface area contributed by atoms with Crippen LogP contribution in [0.15, 0.2) is 17.1 Å². The Kier molecular flexibility index (Phi) is 1.75. The number of nitrogens with zero attached hydrogens (tertiary/aromatic N) is 3. The fourth-order valence-corrected chi connectivity index (χ4v) is 4.00. The molecule has 0 amide bonds. The van der Waals surface area contributed by atoms with Crippen molar-refractivity contribution in [1.82, 2.24) is 14.4 Å². The molecule has 80 valence electrons. The van der Waals surface area contributed by atoms with Gasteiger partial charge in [-0.3, -0.25) is 4.40 Å². The Balaban J connectivity index is 1.95. The number of rotatable bonds is 1. The Morgan fingerprint density at radius 3 is 3.12 bits per heavy atom. The van der Waals surface area contributed by atoms with E-state index < -0.39 is 0 Å². The summed E-state index contributed by atoms with van der Waals surface area (Å²) in [4.78, 5) is 11.6. The first-order valence-electron chi connectivity index (χ1n) is 5.30. The van der Waals surface area contributed by atoms with Crippen LogP contribution in [0.5, 0.6) is 0 Å². The number of aryl methyl sites for hydroxylation is 2. The molecule has 5 heteroatoms. The molecule has 0 aromatic carbocycles. The first-order chi connectivity index (χ1) is 7.92. The van der Waals surface area contributed by atoms with Crippen molar-refractivity contribution in [3.8, 4) is 11.4 Å². The maximum absolute atomic E-state index is 4.64. The predicted octanol–water partition coefficient (Wildman–Crippen LogP) is 3.01. The predicted molar refractivity (Wildman–Crippen MR) is 66.2 cm³/mol. The van der Waals surface area contributed by atoms with Crippen molar-refractivity contribution in [3.05, 3.63) is 27.7 Å². The van der Waals surface area contributed by atoms with Crippen molar-refractivity contribution in [2.75, 3.05) is 0 Å². The van der Waals surface area contributed by atoms with Gasteiger partial charge in [-0.1, -0.05) is 0 Å². The molecule has 3 aromatic heterocycles. The Bertz CT molecular complexity index is 648. The molecular weight excluding hydrogens is 238 g/mol. The van der Waals surface area contributed by atoms with Crippen molar-refractivity contribution >= 4 is 27.6 Å². The van der Waals surface area contributed by atoms with Crippen LogP contribution >= 0.6 is 22.7 Å². The van der Waals surface area contributed by atoms with Gasteiger partial charge in [0.25, 0.3) is 0 Å². The smallest absolute Gasteiger partial charge is 0.194 e. The van der Waals surface area contributed by atoms with Gasteiger partial charge in [0.15, 0.2) is 4.96 Å². The van der Waals surface area contributed by atoms with Gasteiger partial charge in [-0.25, -0.2) is 9.97 Å². The molecule has 1 aliphatic rings. The summed E-state index contributed by atoms with van der Waals surface area (Å²) in [7, 11) is 0. The zero-order valence-corrected chi connectivity index (χ0v) is 10.1. The molecule has 3 nitrogen and oxygen atoms in total. The molecule has 0 bridgehead atoms. The number of imidazole rings is 1. The molecule has 0 saturated heterocycles. The Labute approximate surface area is 100 Å². The minimum absolute atomic E-state index is 0.993. The van der Waals surface area contributed by atoms with E-state index in [4.69, 9.17) is 0 Å². The van der Waals surface area contributed by atoms with E-state index in [0.717, 1.165) is 16.3 Å². The lowest BCUT2D eigenvalue weighted by Gasteiger charge is -1.90. The summed E-state index contributed by atoms with van der Waals surface area (Å²) in [5, 5.41) is 2.05. The second kappa shape index (κ2) is 3.15. The Morgan fingerprint density at radius 1 is 1.25 bits per heavy atom. The second-order valence-corrected chi connectivity index (χ2v) is 5.76. The third-order valence-corrected chi connectivity index (χ3v) is 4.76. The highest BCUT2D eigenvalue weighted by molar-refractivity contribution is 7.17. The minimum atomic E-state index is 0.993. The minimum Gasteiger partial charge on any atom is -0.294 e. The van der Waals surface area contributed by atoms with E-state index in [1.165, 1.54) is 29.8 Å². The molecule has 1 aliphatic carbocycles. The highest BCUT2D eigenvalue weighted by Gasteiger charge is 2.19. The highest BCUT2D eigenvalue weighted by Crippen LogP contribution is 2.32. The van der Waals surface area contributed by atoms with Crippen LogP contribution in [0.25, 0.3) is 16.3 Å². The maximum atomic E-state index is 4.64. The highest BCUT2D eigenvalue weighted by atomic mass is 32.1. The molecule has 0 aliphatic heterocycles. The van der Waals surface area contributed by atoms with Crippen LogP contribution in [-0.2, 0) is 12.8 Å². The van der Waals surface area contributed by atoms with Crippen LogP contribution in [0, 0.1) is 0 Å². The fourth-order valence-electron chi connectivity index (χ4n) is 2.27. The average molecular weight is 247 g/mol. The summed E-state index contributed by atoms with van der Waals surface area (Å²) < 4.78 is 2.25. The SMILES string of the molecule is c1nc(-c2cn3c4c(sc3n2)CCC4)cs1. The van der Waals surface area contributed by atoms with Gasteiger partial charge in [0.05, 0.1) is 5.51 Å². The molecule has 16 heavy (non-hydrogen) atoms. The molecule has 0 radical (unpaired) electrons. The molecule has 0 fully saturated rings. The lowest BCUT2D eigenvalue weighted by atomic mass is 10.3. The molecule has 0 saturated carbocycles. The molecular formula is C11H9N3S2. The van der Waals surface area contributed by atoms with Gasteiger partial charge >= 0.3 is 0 Å². The van der Waals surface area contributed by atoms with Crippen molar-refractivity contribution in [3.63, 3.8) is 0 Å². The van der Waals surface area contributed by atoms with Crippen molar-refractivity contribution in [2.24, 2.45) is 0 Å². The molecule has 3 heterocycles. The summed E-state index contributed by atoms with van der Waals surface area (Å²) in [6.45, 7) is 0. The van der Waals surface area contributed by atoms with Gasteiger partial charge < -0.3 is 0 Å². The van der Waals surface area contributed by atoms with Crippen molar-refractivity contribution in [2.45, 2.75) is 19.3 Å². The molecule has 0 N–H and O–H groups in total. The number of hydrogen-bond donors (Lipinski definition) is 0. The normalized spacial score (nSPS) is 14.8. The number of aromatic nitrogens is 3. The van der Waals surface area contributed by atoms with E-state index in [1.807, 2.05) is 22.2 Å². The first-order valence-corrected chi connectivity index (χ1v) is 7.06. The summed E-state index contributed by atoms with van der Waals surface area (Å²) in [5.74, 6) is 0. The lowest BCUT2D eigenvalue weighted by Crippen LogP contribution is -1.85. The van der Waals surface area contributed by atoms with Crippen LogP contribution in [0.1, 0.15) is 17.0 Å². The van der Waals surface area contributed by atoms with Crippen LogP contribution in [-0.4, -0.2) is 14.4 Å². The summed E-state index contributed by atoms with van der Waals surface area (Å²) >= 11 is 3.45. The Hall–Kier alpha value is -1.20. The van der Waals surface area contributed by atoms with Gasteiger partial charge in [-0.15, -0.1) is 22.7 Å². The van der Waals surface area contributed by atoms with E-state index in [1.54, 1.807) is 11.3 Å². The molecule has 4 rings (SSSR count). The largest absolute Gasteiger partial charge is 0.294 e. The fraction of sp³-hybridized carbons (Fsp3) is 0.273. The number of thiazole rings is 2. The topological polar surface area (TPSA) is 30.2 Å². The number of hydrogen-bond acceptors (Lipinski definition) is 4. The molecule has 0 unspecified atom stereocenters. The third kappa shape index (κ3) is 1.13. The van der Waals surface area contributed by atoms with E-state index >= 15 is 0 Å². The molecule has 0 atom stereocenters. The first kappa shape index (κ1) is 8.90. The van der Waals surface area contributed by atoms with Crippen molar-refractivity contribution in [1.29, 1.82) is 0 Å². The summed E-state index contributed by atoms with van der Waals surface area (Å²) in [6, 6.07) is 0. The van der Waals surface area contributed by atoms with Crippen LogP contribution in [0.4, 0.5) is 0 Å². The standard InChI is InChI=1S/C11H9N3S2/c1-2-9-10(3-1)16-11-13-7(4-14(9)11)8-5-15-6-12-8/h4-6H,1-3H2. The van der Waals surface area contributed by atoms with E-state index in [9.17, 15) is 0 Å². The quantitative estimate of drug-likeness (QED) is 0.661. The number of fused-ring (bicyclic) bond motifs is 3. The molecule has 0 spiro atoms. The van der Waals surface area contributed by atoms with E-state index in [2.05, 4.69) is 20.6 Å². The second-order valence-electron chi connectivity index (χ2n) is 3.98. The lowest BCUT2D eigenvalue weighted by molar-refractivity contribution is 0.888. The Morgan fingerprint density at radius 2 is 2.25 bits per heavy atom. The van der Waals surface area contributed by atoms with Gasteiger partial charge in [0.2, 0.25) is 0 Å². The van der Waals surface area contributed by atoms with E-state index in [0.29, 0.717) is 0 Å². The van der Waals surface area contributed by atoms with Gasteiger partial charge in [-0.2, -0.15) is 0 Å². The van der Waals surface area contributed by atoms with Gasteiger partial charge in [0, 0.05) is 22.1 Å². The average Bonchev–Trinajstić information content (AvgIpc) is 2.98. The summed E-state index contributed by atoms with van der Waals surface area (Å²) in [6.07, 6.45) is 5.85. The zero-order valence-electron chi connectivity index (χ0n) is 8.51. The summed E-state index contributed by atoms with van der Waals surface area (Å²) in [5.41, 5.74) is 5.32. The van der Waals surface area contributed by atoms with Gasteiger partial charge in [0.1, 0.15) is 11.4 Å². The van der Waals surface area contributed by atoms with E-state index in [-0.39, 0.29) is 0 Å². The van der Waals surface area contributed by atoms with Crippen molar-refractivity contribution < 1.29 is 0 Å². The maximum Gasteiger partial charge on any atom is 0.194 e. The van der Waals surface area contributed by atoms with Gasteiger partial charge in [-0.05, 0) is 19.3 Å². The molecule has 3 aromatic rings. The monoisotopic (exact) mass is 247 g/mol. The zero-order chi connectivity index (χ0) is 10.5. The van der Waals surface area contributed by atoms with Crippen LogP contribution in [0.2, 0.25) is 0 Å². The van der Waals surface area contributed by atoms with Crippen LogP contribution < -0.4 is 0 Å². The van der Waals surface area contributed by atoms with Crippen LogP contribution in [0.3, 0.4) is 0 Å². The third-order valence-electron chi connectivity index (χ3n) is 3.01.